The maximum atomic E-state index is 13.2. The zero-order chi connectivity index (χ0) is 28.1. The van der Waals surface area contributed by atoms with E-state index < -0.39 is 17.6 Å². The number of nitrogens with zero attached hydrogens (tertiary/aromatic N) is 2. The number of halogens is 3. The topological polar surface area (TPSA) is 84.0 Å². The fraction of sp³-hybridized carbons (Fsp3) is 0.133. The van der Waals surface area contributed by atoms with Gasteiger partial charge in [-0.15, -0.1) is 11.3 Å². The fourth-order valence-electron chi connectivity index (χ4n) is 4.33. The Kier molecular flexibility index (Phi) is 7.88. The van der Waals surface area contributed by atoms with Gasteiger partial charge in [0.25, 0.3) is 11.8 Å². The van der Waals surface area contributed by atoms with E-state index in [0.29, 0.717) is 23.4 Å². The van der Waals surface area contributed by atoms with Gasteiger partial charge in [-0.3, -0.25) is 19.6 Å². The third kappa shape index (κ3) is 6.18. The summed E-state index contributed by atoms with van der Waals surface area (Å²) in [6, 6.07) is 17.6. The second kappa shape index (κ2) is 11.7. The van der Waals surface area contributed by atoms with Crippen LogP contribution in [0.15, 0.2) is 91.5 Å². The maximum absolute atomic E-state index is 13.2. The molecule has 0 unspecified atom stereocenters. The highest BCUT2D eigenvalue weighted by Gasteiger charge is 2.32. The Bertz CT molecular complexity index is 1670. The van der Waals surface area contributed by atoms with E-state index in [1.807, 2.05) is 24.3 Å². The number of amides is 2. The van der Waals surface area contributed by atoms with Crippen molar-refractivity contribution in [2.75, 3.05) is 6.54 Å². The molecule has 2 N–H and O–H groups in total. The van der Waals surface area contributed by atoms with Crippen molar-refractivity contribution in [3.05, 3.63) is 119 Å². The molecular formula is C30H23F3N4O2S. The molecule has 0 saturated carbocycles. The standard InChI is InChI=1S/C30H23F3N4O2S/c31-30(32,33)25-9-2-1-6-22(25)16-37-28(38)20-7-3-5-19(13-20)10-12-36-29(39)26-14-23-24(17-35-18-27(23)40-26)21-8-4-11-34-15-21/h1-9,11,13-15,17-18H,10,12,16H2,(H,36,39)(H,37,38). The molecule has 3 aromatic heterocycles. The molecule has 40 heavy (non-hydrogen) atoms. The minimum absolute atomic E-state index is 0.00760. The van der Waals surface area contributed by atoms with E-state index in [0.717, 1.165) is 32.8 Å². The number of aromatic nitrogens is 2. The lowest BCUT2D eigenvalue weighted by Gasteiger charge is -2.13. The van der Waals surface area contributed by atoms with Crippen LogP contribution in [0.4, 0.5) is 13.2 Å². The highest BCUT2D eigenvalue weighted by molar-refractivity contribution is 7.20. The summed E-state index contributed by atoms with van der Waals surface area (Å²) in [5, 5.41) is 6.40. The SMILES string of the molecule is O=C(NCc1ccccc1C(F)(F)F)c1cccc(CCNC(=O)c2cc3c(-c4cccnc4)cncc3s2)c1. The van der Waals surface area contributed by atoms with Gasteiger partial charge >= 0.3 is 6.18 Å². The first-order valence-corrected chi connectivity index (χ1v) is 13.2. The molecule has 202 valence electrons. The van der Waals surface area contributed by atoms with Crippen LogP contribution in [0.2, 0.25) is 0 Å². The molecule has 2 aromatic carbocycles. The second-order valence-corrected chi connectivity index (χ2v) is 10.1. The summed E-state index contributed by atoms with van der Waals surface area (Å²) >= 11 is 1.35. The smallest absolute Gasteiger partial charge is 0.351 e. The summed E-state index contributed by atoms with van der Waals surface area (Å²) in [7, 11) is 0. The summed E-state index contributed by atoms with van der Waals surface area (Å²) < 4.78 is 40.6. The zero-order valence-corrected chi connectivity index (χ0v) is 21.9. The van der Waals surface area contributed by atoms with E-state index in [1.165, 1.54) is 29.5 Å². The first-order valence-electron chi connectivity index (χ1n) is 12.4. The van der Waals surface area contributed by atoms with E-state index in [-0.39, 0.29) is 18.0 Å². The van der Waals surface area contributed by atoms with E-state index in [9.17, 15) is 22.8 Å². The average Bonchev–Trinajstić information content (AvgIpc) is 3.41. The van der Waals surface area contributed by atoms with Crippen LogP contribution in [0, 0.1) is 0 Å². The van der Waals surface area contributed by atoms with Crippen LogP contribution in [-0.2, 0) is 19.1 Å². The number of alkyl halides is 3. The molecule has 0 aliphatic heterocycles. The molecule has 10 heteroatoms. The first kappa shape index (κ1) is 27.0. The van der Waals surface area contributed by atoms with Crippen LogP contribution in [0.25, 0.3) is 21.2 Å². The minimum Gasteiger partial charge on any atom is -0.351 e. The normalized spacial score (nSPS) is 11.4. The lowest BCUT2D eigenvalue weighted by Crippen LogP contribution is -2.25. The molecule has 0 aliphatic rings. The minimum atomic E-state index is -4.50. The lowest BCUT2D eigenvalue weighted by atomic mass is 10.1. The van der Waals surface area contributed by atoms with Crippen LogP contribution in [0.3, 0.4) is 0 Å². The molecule has 5 aromatic rings. The van der Waals surface area contributed by atoms with E-state index in [2.05, 4.69) is 20.6 Å². The van der Waals surface area contributed by atoms with Gasteiger partial charge in [-0.2, -0.15) is 13.2 Å². The van der Waals surface area contributed by atoms with E-state index >= 15 is 0 Å². The number of hydrogen-bond donors (Lipinski definition) is 2. The largest absolute Gasteiger partial charge is 0.416 e. The quantitative estimate of drug-likeness (QED) is 0.234. The Balaban J connectivity index is 1.19. The molecule has 0 fully saturated rings. The van der Waals surface area contributed by atoms with Crippen LogP contribution >= 0.6 is 11.3 Å². The van der Waals surface area contributed by atoms with Crippen molar-refractivity contribution >= 4 is 33.2 Å². The lowest BCUT2D eigenvalue weighted by molar-refractivity contribution is -0.138. The van der Waals surface area contributed by atoms with Crippen molar-refractivity contribution in [1.82, 2.24) is 20.6 Å². The van der Waals surface area contributed by atoms with Crippen molar-refractivity contribution in [3.8, 4) is 11.1 Å². The summed E-state index contributed by atoms with van der Waals surface area (Å²) in [5.41, 5.74) is 2.17. The van der Waals surface area contributed by atoms with Crippen LogP contribution in [0.5, 0.6) is 0 Å². The number of carbonyl (C=O) groups is 2. The van der Waals surface area contributed by atoms with Gasteiger partial charge in [0.05, 0.1) is 15.1 Å². The van der Waals surface area contributed by atoms with Gasteiger partial charge in [-0.1, -0.05) is 36.4 Å². The summed E-state index contributed by atoms with van der Waals surface area (Å²) in [6.07, 6.45) is 2.91. The highest BCUT2D eigenvalue weighted by atomic mass is 32.1. The number of rotatable bonds is 8. The third-order valence-corrected chi connectivity index (χ3v) is 7.36. The Morgan fingerprint density at radius 1 is 0.850 bits per heavy atom. The highest BCUT2D eigenvalue weighted by Crippen LogP contribution is 2.33. The Morgan fingerprint density at radius 3 is 2.50 bits per heavy atom. The van der Waals surface area contributed by atoms with Gasteiger partial charge in [0.15, 0.2) is 0 Å². The maximum Gasteiger partial charge on any atom is 0.416 e. The van der Waals surface area contributed by atoms with E-state index in [1.54, 1.807) is 43.0 Å². The number of fused-ring (bicyclic) bond motifs is 1. The number of thiophene rings is 1. The van der Waals surface area contributed by atoms with Crippen LogP contribution in [-0.4, -0.2) is 28.3 Å². The Labute approximate surface area is 231 Å². The molecule has 0 radical (unpaired) electrons. The monoisotopic (exact) mass is 560 g/mol. The Hall–Kier alpha value is -4.57. The number of nitrogens with one attached hydrogen (secondary N) is 2. The van der Waals surface area contributed by atoms with Crippen molar-refractivity contribution in [1.29, 1.82) is 0 Å². The average molecular weight is 561 g/mol. The molecule has 0 bridgehead atoms. The number of carbonyl (C=O) groups excluding carboxylic acids is 2. The van der Waals surface area contributed by atoms with Crippen molar-refractivity contribution < 1.29 is 22.8 Å². The molecule has 2 amide bonds. The van der Waals surface area contributed by atoms with Crippen molar-refractivity contribution in [3.63, 3.8) is 0 Å². The molecule has 6 nitrogen and oxygen atoms in total. The molecular weight excluding hydrogens is 537 g/mol. The van der Waals surface area contributed by atoms with Crippen molar-refractivity contribution in [2.24, 2.45) is 0 Å². The third-order valence-electron chi connectivity index (χ3n) is 6.29. The molecule has 0 saturated heterocycles. The van der Waals surface area contributed by atoms with Gasteiger partial charge < -0.3 is 10.6 Å². The summed E-state index contributed by atoms with van der Waals surface area (Å²) in [6.45, 7) is 0.0901. The first-order chi connectivity index (χ1) is 19.3. The van der Waals surface area contributed by atoms with Gasteiger partial charge in [0, 0.05) is 60.0 Å². The molecule has 0 atom stereocenters. The van der Waals surface area contributed by atoms with Crippen LogP contribution in [0.1, 0.15) is 36.7 Å². The summed E-state index contributed by atoms with van der Waals surface area (Å²) in [4.78, 5) is 34.5. The fourth-order valence-corrected chi connectivity index (χ4v) is 5.30. The van der Waals surface area contributed by atoms with Gasteiger partial charge in [0.2, 0.25) is 0 Å². The van der Waals surface area contributed by atoms with Gasteiger partial charge in [-0.05, 0) is 47.9 Å². The molecule has 3 heterocycles. The van der Waals surface area contributed by atoms with Crippen molar-refractivity contribution in [2.45, 2.75) is 19.1 Å². The molecule has 5 rings (SSSR count). The molecule has 0 spiro atoms. The van der Waals surface area contributed by atoms with E-state index in [4.69, 9.17) is 0 Å². The predicted molar refractivity (Wildman–Crippen MR) is 148 cm³/mol. The zero-order valence-electron chi connectivity index (χ0n) is 21.0. The van der Waals surface area contributed by atoms with Crippen LogP contribution < -0.4 is 10.6 Å². The van der Waals surface area contributed by atoms with Gasteiger partial charge in [-0.25, -0.2) is 0 Å². The Morgan fingerprint density at radius 2 is 1.70 bits per heavy atom. The number of pyridine rings is 2. The second-order valence-electron chi connectivity index (χ2n) is 9.00. The predicted octanol–water partition coefficient (Wildman–Crippen LogP) is 6.28. The number of hydrogen-bond acceptors (Lipinski definition) is 5. The van der Waals surface area contributed by atoms with Gasteiger partial charge in [0.1, 0.15) is 0 Å². The molecule has 0 aliphatic carbocycles. The summed E-state index contributed by atoms with van der Waals surface area (Å²) in [5.74, 6) is -0.693. The number of benzene rings is 2.